The molecule has 1 aliphatic heterocycles. The second-order valence-corrected chi connectivity index (χ2v) is 7.87. The summed E-state index contributed by atoms with van der Waals surface area (Å²) < 4.78 is 13.2. The van der Waals surface area contributed by atoms with Crippen molar-refractivity contribution in [2.45, 2.75) is 45.4 Å². The predicted molar refractivity (Wildman–Crippen MR) is 124 cm³/mol. The summed E-state index contributed by atoms with van der Waals surface area (Å²) in [4.78, 5) is 18.7. The zero-order valence-electron chi connectivity index (χ0n) is 17.4. The minimum atomic E-state index is -0.217. The Labute approximate surface area is 185 Å². The van der Waals surface area contributed by atoms with Crippen LogP contribution in [0.2, 0.25) is 0 Å². The van der Waals surface area contributed by atoms with Gasteiger partial charge in [0.05, 0.1) is 6.54 Å². The van der Waals surface area contributed by atoms with Crippen LogP contribution in [0.1, 0.15) is 45.6 Å². The van der Waals surface area contributed by atoms with Gasteiger partial charge in [0.25, 0.3) is 0 Å². The Bertz CT molecular complexity index is 640. The number of halogens is 2. The van der Waals surface area contributed by atoms with E-state index in [9.17, 15) is 9.18 Å². The molecule has 1 aromatic carbocycles. The van der Waals surface area contributed by atoms with Gasteiger partial charge in [-0.3, -0.25) is 9.79 Å². The van der Waals surface area contributed by atoms with Gasteiger partial charge in [-0.15, -0.1) is 24.0 Å². The lowest BCUT2D eigenvalue weighted by Gasteiger charge is -2.34. The van der Waals surface area contributed by atoms with E-state index >= 15 is 0 Å². The Morgan fingerprint density at radius 1 is 1.25 bits per heavy atom. The first-order chi connectivity index (χ1) is 12.9. The molecule has 7 heteroatoms. The molecule has 2 N–H and O–H groups in total. The van der Waals surface area contributed by atoms with Gasteiger partial charge in [0.15, 0.2) is 5.96 Å². The zero-order valence-corrected chi connectivity index (χ0v) is 19.8. The molecule has 0 saturated carbocycles. The van der Waals surface area contributed by atoms with Crippen LogP contribution in [0.5, 0.6) is 0 Å². The van der Waals surface area contributed by atoms with Gasteiger partial charge in [-0.1, -0.05) is 26.0 Å². The largest absolute Gasteiger partial charge is 0.359 e. The summed E-state index contributed by atoms with van der Waals surface area (Å²) in [7, 11) is 1.69. The van der Waals surface area contributed by atoms with Gasteiger partial charge in [-0.05, 0) is 43.4 Å². The summed E-state index contributed by atoms with van der Waals surface area (Å²) in [6.07, 6.45) is 2.61. The molecule has 5 nitrogen and oxygen atoms in total. The van der Waals surface area contributed by atoms with Crippen molar-refractivity contribution in [2.75, 3.05) is 33.2 Å². The van der Waals surface area contributed by atoms with Gasteiger partial charge in [0.2, 0.25) is 5.91 Å². The predicted octanol–water partition coefficient (Wildman–Crippen LogP) is 3.53. The summed E-state index contributed by atoms with van der Waals surface area (Å²) in [5, 5.41) is 6.10. The van der Waals surface area contributed by atoms with E-state index in [1.807, 2.05) is 12.1 Å². The summed E-state index contributed by atoms with van der Waals surface area (Å²) in [5.41, 5.74) is 0.902. The number of benzene rings is 1. The first kappa shape index (κ1) is 24.7. The molecule has 0 unspecified atom stereocenters. The van der Waals surface area contributed by atoms with E-state index in [0.29, 0.717) is 18.9 Å². The van der Waals surface area contributed by atoms with Crippen LogP contribution in [0.4, 0.5) is 4.39 Å². The van der Waals surface area contributed by atoms with Crippen LogP contribution in [0.25, 0.3) is 0 Å². The first-order valence-corrected chi connectivity index (χ1v) is 9.85. The Morgan fingerprint density at radius 2 is 1.86 bits per heavy atom. The molecule has 0 aliphatic carbocycles. The molecule has 1 saturated heterocycles. The van der Waals surface area contributed by atoms with Crippen molar-refractivity contribution in [1.29, 1.82) is 0 Å². The fraction of sp³-hybridized carbons (Fsp3) is 0.619. The van der Waals surface area contributed by atoms with Crippen LogP contribution in [0.3, 0.4) is 0 Å². The maximum absolute atomic E-state index is 13.2. The highest BCUT2D eigenvalue weighted by atomic mass is 127. The Balaban J connectivity index is 0.00000392. The van der Waals surface area contributed by atoms with E-state index < -0.39 is 0 Å². The molecule has 28 heavy (non-hydrogen) atoms. The number of carbonyl (C=O) groups excluding carboxylic acids is 1. The third kappa shape index (κ3) is 7.22. The number of hydrogen-bond donors (Lipinski definition) is 2. The van der Waals surface area contributed by atoms with Crippen LogP contribution >= 0.6 is 24.0 Å². The van der Waals surface area contributed by atoms with E-state index in [0.717, 1.165) is 44.0 Å². The summed E-state index contributed by atoms with van der Waals surface area (Å²) in [5.74, 6) is 1.27. The first-order valence-electron chi connectivity index (χ1n) is 9.85. The number of rotatable bonds is 6. The molecule has 0 radical (unpaired) electrons. The summed E-state index contributed by atoms with van der Waals surface area (Å²) in [6, 6.07) is 6.68. The third-order valence-corrected chi connectivity index (χ3v) is 5.25. The molecule has 0 aromatic heterocycles. The number of likely N-dealkylation sites (tertiary alicyclic amines) is 1. The molecular formula is C21H34FIN4O. The molecule has 2 rings (SSSR count). The second kappa shape index (κ2) is 11.6. The average Bonchev–Trinajstić information content (AvgIpc) is 2.66. The van der Waals surface area contributed by atoms with Gasteiger partial charge in [0.1, 0.15) is 5.82 Å². The van der Waals surface area contributed by atoms with E-state index in [1.54, 1.807) is 7.05 Å². The molecule has 1 heterocycles. The number of carbonyl (C=O) groups is 1. The van der Waals surface area contributed by atoms with Crippen molar-refractivity contribution in [1.82, 2.24) is 15.5 Å². The minimum absolute atomic E-state index is 0. The molecule has 1 aliphatic rings. The van der Waals surface area contributed by atoms with E-state index in [-0.39, 0.29) is 41.1 Å². The van der Waals surface area contributed by atoms with Crippen LogP contribution in [0, 0.1) is 11.7 Å². The van der Waals surface area contributed by atoms with Gasteiger partial charge in [0, 0.05) is 38.5 Å². The van der Waals surface area contributed by atoms with Crippen molar-refractivity contribution in [3.05, 3.63) is 35.6 Å². The fourth-order valence-electron chi connectivity index (χ4n) is 3.40. The lowest BCUT2D eigenvalue weighted by molar-refractivity contribution is -0.121. The van der Waals surface area contributed by atoms with Crippen LogP contribution in [0.15, 0.2) is 29.3 Å². The van der Waals surface area contributed by atoms with Crippen molar-refractivity contribution in [3.8, 4) is 0 Å². The normalized spacial score (nSPS) is 15.8. The fourth-order valence-corrected chi connectivity index (χ4v) is 3.40. The number of nitrogens with zero attached hydrogens (tertiary/aromatic N) is 2. The number of hydrogen-bond acceptors (Lipinski definition) is 2. The highest BCUT2D eigenvalue weighted by molar-refractivity contribution is 14.0. The number of amides is 1. The molecular weight excluding hydrogens is 470 g/mol. The maximum atomic E-state index is 13.2. The van der Waals surface area contributed by atoms with E-state index in [1.165, 1.54) is 12.1 Å². The quantitative estimate of drug-likeness (QED) is 0.354. The number of nitrogens with one attached hydrogen (secondary N) is 2. The van der Waals surface area contributed by atoms with Crippen LogP contribution < -0.4 is 10.6 Å². The minimum Gasteiger partial charge on any atom is -0.359 e. The van der Waals surface area contributed by atoms with Crippen molar-refractivity contribution in [3.63, 3.8) is 0 Å². The second-order valence-electron chi connectivity index (χ2n) is 7.87. The number of aliphatic imine (C=N–C) groups is 1. The highest BCUT2D eigenvalue weighted by Crippen LogP contribution is 2.25. The average molecular weight is 504 g/mol. The van der Waals surface area contributed by atoms with Crippen molar-refractivity contribution >= 4 is 35.8 Å². The monoisotopic (exact) mass is 504 g/mol. The number of piperidine rings is 1. The molecule has 0 spiro atoms. The summed E-state index contributed by atoms with van der Waals surface area (Å²) in [6.45, 7) is 9.58. The third-order valence-electron chi connectivity index (χ3n) is 5.25. The Morgan fingerprint density at radius 3 is 2.39 bits per heavy atom. The molecule has 1 fully saturated rings. The topological polar surface area (TPSA) is 56.7 Å². The van der Waals surface area contributed by atoms with E-state index in [2.05, 4.69) is 36.3 Å². The van der Waals surface area contributed by atoms with Gasteiger partial charge >= 0.3 is 0 Å². The van der Waals surface area contributed by atoms with E-state index in [4.69, 9.17) is 4.99 Å². The molecule has 0 atom stereocenters. The van der Waals surface area contributed by atoms with Gasteiger partial charge < -0.3 is 15.5 Å². The van der Waals surface area contributed by atoms with Crippen molar-refractivity contribution < 1.29 is 9.18 Å². The molecule has 158 valence electrons. The maximum Gasteiger partial charge on any atom is 0.220 e. The van der Waals surface area contributed by atoms with Gasteiger partial charge in [-0.2, -0.15) is 0 Å². The standard InChI is InChI=1S/C21H33FN4O.HI/c1-5-24-20(26-12-10-16(11-13-26)14-19(27)23-4)25-15-21(2,3)17-6-8-18(22)9-7-17;/h6-9,16H,5,10-15H2,1-4H3,(H,23,27)(H,24,25);1H. The highest BCUT2D eigenvalue weighted by Gasteiger charge is 2.25. The SMILES string of the molecule is CCNC(=NCC(C)(C)c1ccc(F)cc1)N1CCC(CC(=O)NC)CC1.I. The number of guanidine groups is 1. The lowest BCUT2D eigenvalue weighted by atomic mass is 9.85. The Kier molecular flexibility index (Phi) is 10.2. The van der Waals surface area contributed by atoms with Crippen molar-refractivity contribution in [2.24, 2.45) is 10.9 Å². The van der Waals surface area contributed by atoms with Crippen LogP contribution in [-0.2, 0) is 10.2 Å². The molecule has 1 amide bonds. The van der Waals surface area contributed by atoms with Gasteiger partial charge in [-0.25, -0.2) is 4.39 Å². The Hall–Kier alpha value is -1.38. The summed E-state index contributed by atoms with van der Waals surface area (Å²) >= 11 is 0. The smallest absolute Gasteiger partial charge is 0.220 e. The zero-order chi connectivity index (χ0) is 19.9. The molecule has 0 bridgehead atoms. The van der Waals surface area contributed by atoms with Crippen LogP contribution in [-0.4, -0.2) is 50.0 Å². The molecule has 1 aromatic rings. The lowest BCUT2D eigenvalue weighted by Crippen LogP contribution is -2.46.